The molecule has 45 heavy (non-hydrogen) atoms. The average molecular weight is 854 g/mol. The topological polar surface area (TPSA) is 148 Å². The summed E-state index contributed by atoms with van der Waals surface area (Å²) in [5.74, 6) is -0.865. The summed E-state index contributed by atoms with van der Waals surface area (Å²) in [6, 6.07) is 16.7. The Morgan fingerprint density at radius 1 is 1.07 bits per heavy atom. The number of carbonyl (C=O) groups excluding carboxylic acids is 2. The molecule has 0 unspecified atom stereocenters. The number of allylic oxidation sites excluding steroid dienone is 1. The molecule has 1 heterocycles. The van der Waals surface area contributed by atoms with Gasteiger partial charge in [0.25, 0.3) is 5.91 Å². The molecule has 4 N–H and O–H groups in total. The van der Waals surface area contributed by atoms with E-state index in [0.717, 1.165) is 18.3 Å². The first-order valence-corrected chi connectivity index (χ1v) is 16.1. The van der Waals surface area contributed by atoms with Crippen LogP contribution in [0.2, 0.25) is 0 Å². The lowest BCUT2D eigenvalue weighted by Gasteiger charge is -2.30. The van der Waals surface area contributed by atoms with Crippen LogP contribution in [0, 0.1) is 7.14 Å². The number of hydrogen-bond donors (Lipinski definition) is 4. The number of esters is 1. The van der Waals surface area contributed by atoms with Crippen molar-refractivity contribution in [3.63, 3.8) is 0 Å². The van der Waals surface area contributed by atoms with E-state index in [1.165, 1.54) is 18.3 Å². The van der Waals surface area contributed by atoms with Gasteiger partial charge in [-0.25, -0.2) is 15.0 Å². The Labute approximate surface area is 292 Å². The molecule has 234 valence electrons. The molecule has 3 aromatic rings. The van der Waals surface area contributed by atoms with Gasteiger partial charge in [-0.3, -0.25) is 4.79 Å². The molecule has 3 aromatic carbocycles. The van der Waals surface area contributed by atoms with Crippen LogP contribution in [0.5, 0.6) is 11.5 Å². The third kappa shape index (κ3) is 9.13. The summed E-state index contributed by atoms with van der Waals surface area (Å²) >= 11 is 9.64. The van der Waals surface area contributed by atoms with Crippen molar-refractivity contribution in [1.82, 2.24) is 16.1 Å². The SMILES string of the molecule is CCOC(=O)C1=C(C)NC(=S)N[C@@H]1c1ccccc1OCC(=O)NN=Cc1cc(I)c(OCc2ccc(C(=O)O)cc2)c(I)c1. The molecule has 1 atom stereocenters. The number of benzene rings is 3. The highest BCUT2D eigenvalue weighted by molar-refractivity contribution is 14.1. The predicted molar refractivity (Wildman–Crippen MR) is 188 cm³/mol. The molecule has 0 aliphatic carbocycles. The van der Waals surface area contributed by atoms with E-state index in [1.807, 2.05) is 12.1 Å². The Balaban J connectivity index is 1.36. The van der Waals surface area contributed by atoms with Crippen LogP contribution < -0.4 is 25.5 Å². The minimum Gasteiger partial charge on any atom is -0.487 e. The second-order valence-corrected chi connectivity index (χ2v) is 12.2. The second-order valence-electron chi connectivity index (χ2n) is 9.51. The van der Waals surface area contributed by atoms with Crippen molar-refractivity contribution in [2.45, 2.75) is 26.5 Å². The zero-order valence-corrected chi connectivity index (χ0v) is 29.2. The van der Waals surface area contributed by atoms with E-state index in [0.29, 0.717) is 33.4 Å². The van der Waals surface area contributed by atoms with Crippen LogP contribution in [0.4, 0.5) is 0 Å². The largest absolute Gasteiger partial charge is 0.487 e. The number of hydrogen-bond acceptors (Lipinski definition) is 8. The third-order valence-electron chi connectivity index (χ3n) is 6.36. The van der Waals surface area contributed by atoms with Gasteiger partial charge in [-0.15, -0.1) is 0 Å². The summed E-state index contributed by atoms with van der Waals surface area (Å²) < 4.78 is 18.8. The van der Waals surface area contributed by atoms with E-state index in [1.54, 1.807) is 50.2 Å². The first-order chi connectivity index (χ1) is 21.6. The molecule has 11 nitrogen and oxygen atoms in total. The summed E-state index contributed by atoms with van der Waals surface area (Å²) in [4.78, 5) is 36.4. The van der Waals surface area contributed by atoms with Crippen molar-refractivity contribution in [1.29, 1.82) is 0 Å². The molecule has 1 aliphatic heterocycles. The van der Waals surface area contributed by atoms with Gasteiger partial charge in [-0.2, -0.15) is 5.10 Å². The molecule has 0 bridgehead atoms. The number of rotatable bonds is 12. The Hall–Kier alpha value is -3.77. The van der Waals surface area contributed by atoms with Crippen molar-refractivity contribution in [3.8, 4) is 11.5 Å². The second kappa shape index (κ2) is 16.0. The maximum atomic E-state index is 12.7. The van der Waals surface area contributed by atoms with Gasteiger partial charge >= 0.3 is 11.9 Å². The van der Waals surface area contributed by atoms with Gasteiger partial charge < -0.3 is 30.0 Å². The van der Waals surface area contributed by atoms with Crippen molar-refractivity contribution in [3.05, 3.63) is 101 Å². The zero-order valence-electron chi connectivity index (χ0n) is 24.1. The van der Waals surface area contributed by atoms with Crippen molar-refractivity contribution in [2.75, 3.05) is 13.2 Å². The van der Waals surface area contributed by atoms with E-state index < -0.39 is 23.9 Å². The van der Waals surface area contributed by atoms with Crippen LogP contribution in [0.3, 0.4) is 0 Å². The number of halogens is 2. The first kappa shape index (κ1) is 34.1. The number of carboxylic acids is 1. The highest BCUT2D eigenvalue weighted by atomic mass is 127. The van der Waals surface area contributed by atoms with Gasteiger partial charge in [0.05, 0.1) is 37.1 Å². The molecule has 1 amide bonds. The molecule has 14 heteroatoms. The maximum Gasteiger partial charge on any atom is 0.338 e. The van der Waals surface area contributed by atoms with Crippen LogP contribution >= 0.6 is 57.4 Å². The summed E-state index contributed by atoms with van der Waals surface area (Å²) in [6.45, 7) is 3.65. The number of thiocarbonyl (C=S) groups is 1. The van der Waals surface area contributed by atoms with Gasteiger partial charge in [0.1, 0.15) is 18.1 Å². The van der Waals surface area contributed by atoms with Crippen molar-refractivity contribution < 1.29 is 33.7 Å². The van der Waals surface area contributed by atoms with Crippen molar-refractivity contribution in [2.24, 2.45) is 5.10 Å². The van der Waals surface area contributed by atoms with Gasteiger partial charge in [0, 0.05) is 11.3 Å². The standard InChI is InChI=1S/C31H28I2N4O7S/c1-3-42-30(41)26-17(2)35-31(45)36-27(26)21-6-4-5-7-24(21)43-16-25(38)37-34-14-19-12-22(32)28(23(33)13-19)44-15-18-8-10-20(11-9-18)29(39)40/h4-14,27H,3,15-16H2,1-2H3,(H,37,38)(H,39,40)(H2,35,36,45)/t27-/m1/s1. The lowest BCUT2D eigenvalue weighted by molar-refractivity contribution is -0.139. The smallest absolute Gasteiger partial charge is 0.338 e. The van der Waals surface area contributed by atoms with Gasteiger partial charge in [-0.05, 0) is 113 Å². The molecular formula is C31H28I2N4O7S. The average Bonchev–Trinajstić information content (AvgIpc) is 2.99. The van der Waals surface area contributed by atoms with Gasteiger partial charge in [0.15, 0.2) is 11.7 Å². The highest BCUT2D eigenvalue weighted by Gasteiger charge is 2.32. The molecule has 0 spiro atoms. The van der Waals surface area contributed by atoms with Gasteiger partial charge in [0.2, 0.25) is 0 Å². The van der Waals surface area contributed by atoms with E-state index >= 15 is 0 Å². The number of ether oxygens (including phenoxy) is 3. The van der Waals surface area contributed by atoms with Gasteiger partial charge in [-0.1, -0.05) is 30.3 Å². The molecule has 0 aromatic heterocycles. The lowest BCUT2D eigenvalue weighted by atomic mass is 9.95. The monoisotopic (exact) mass is 854 g/mol. The number of hydrazone groups is 1. The number of carbonyl (C=O) groups is 3. The fraction of sp³-hybridized carbons (Fsp3) is 0.194. The normalized spacial score (nSPS) is 14.4. The molecule has 0 radical (unpaired) electrons. The number of aromatic carboxylic acids is 1. The van der Waals surface area contributed by atoms with E-state index in [-0.39, 0.29) is 25.4 Å². The Morgan fingerprint density at radius 2 is 1.76 bits per heavy atom. The fourth-order valence-electron chi connectivity index (χ4n) is 4.30. The highest BCUT2D eigenvalue weighted by Crippen LogP contribution is 2.34. The third-order valence-corrected chi connectivity index (χ3v) is 8.18. The predicted octanol–water partition coefficient (Wildman–Crippen LogP) is 5.06. The Bertz CT molecular complexity index is 1660. The molecule has 0 saturated carbocycles. The van der Waals surface area contributed by atoms with Crippen LogP contribution in [0.15, 0.2) is 77.0 Å². The number of nitrogens with one attached hydrogen (secondary N) is 3. The summed E-state index contributed by atoms with van der Waals surface area (Å²) in [7, 11) is 0. The number of carboxylic acid groups (broad SMARTS) is 1. The number of nitrogens with zero attached hydrogens (tertiary/aromatic N) is 1. The van der Waals surface area contributed by atoms with Crippen LogP contribution in [0.25, 0.3) is 0 Å². The van der Waals surface area contributed by atoms with Crippen molar-refractivity contribution >= 4 is 86.6 Å². The molecular weight excluding hydrogens is 826 g/mol. The number of amides is 1. The summed E-state index contributed by atoms with van der Waals surface area (Å²) in [5.41, 5.74) is 5.82. The Morgan fingerprint density at radius 3 is 2.42 bits per heavy atom. The van der Waals surface area contributed by atoms with E-state index in [9.17, 15) is 14.4 Å². The zero-order chi connectivity index (χ0) is 32.5. The van der Waals surface area contributed by atoms with Crippen LogP contribution in [-0.2, 0) is 20.9 Å². The first-order valence-electron chi connectivity index (χ1n) is 13.5. The minimum atomic E-state index is -0.979. The Kier molecular flexibility index (Phi) is 12.1. The summed E-state index contributed by atoms with van der Waals surface area (Å²) in [6.07, 6.45) is 1.52. The quantitative estimate of drug-likeness (QED) is 0.0642. The summed E-state index contributed by atoms with van der Waals surface area (Å²) in [5, 5.41) is 19.5. The van der Waals surface area contributed by atoms with E-state index in [4.69, 9.17) is 31.5 Å². The molecule has 4 rings (SSSR count). The van der Waals surface area contributed by atoms with Crippen LogP contribution in [-0.4, -0.2) is 47.5 Å². The molecule has 0 fully saturated rings. The number of para-hydroxylation sites is 1. The molecule has 1 aliphatic rings. The van der Waals surface area contributed by atoms with Crippen LogP contribution in [0.1, 0.15) is 46.9 Å². The fourth-order valence-corrected chi connectivity index (χ4v) is 6.70. The van der Waals surface area contributed by atoms with E-state index in [2.05, 4.69) is 66.3 Å². The molecule has 0 saturated heterocycles. The lowest BCUT2D eigenvalue weighted by Crippen LogP contribution is -2.45. The minimum absolute atomic E-state index is 0.215. The maximum absolute atomic E-state index is 12.7.